The normalized spacial score (nSPS) is 11.1. The van der Waals surface area contributed by atoms with Crippen LogP contribution in [0.25, 0.3) is 10.6 Å². The average Bonchev–Trinajstić information content (AvgIpc) is 3.17. The molecule has 1 amide bonds. The molecule has 0 aliphatic rings. The number of hydrogen-bond donors (Lipinski definition) is 1. The summed E-state index contributed by atoms with van der Waals surface area (Å²) in [5.74, 6) is -1.44. The number of thiazole rings is 1. The summed E-state index contributed by atoms with van der Waals surface area (Å²) in [5, 5.41) is 4.52. The van der Waals surface area contributed by atoms with Gasteiger partial charge in [-0.3, -0.25) is 4.79 Å². The van der Waals surface area contributed by atoms with E-state index >= 15 is 0 Å². The van der Waals surface area contributed by atoms with E-state index in [0.29, 0.717) is 5.01 Å². The molecule has 3 rings (SSSR count). The Morgan fingerprint density at radius 1 is 1.04 bits per heavy atom. The lowest BCUT2D eigenvalue weighted by Gasteiger charge is -2.09. The van der Waals surface area contributed by atoms with E-state index in [1.54, 1.807) is 0 Å². The Morgan fingerprint density at radius 2 is 1.71 bits per heavy atom. The van der Waals surface area contributed by atoms with E-state index in [1.807, 2.05) is 30.3 Å². The maximum Gasteiger partial charge on any atom is 0.416 e. The van der Waals surface area contributed by atoms with Crippen molar-refractivity contribution < 1.29 is 27.5 Å². The molecule has 1 aromatic heterocycles. The van der Waals surface area contributed by atoms with Crippen molar-refractivity contribution in [1.29, 1.82) is 0 Å². The van der Waals surface area contributed by atoms with Crippen LogP contribution in [0.15, 0.2) is 60.0 Å². The van der Waals surface area contributed by atoms with Crippen molar-refractivity contribution in [3.8, 4) is 10.6 Å². The molecule has 28 heavy (non-hydrogen) atoms. The van der Waals surface area contributed by atoms with Gasteiger partial charge in [0, 0.05) is 16.6 Å². The average molecular weight is 406 g/mol. The van der Waals surface area contributed by atoms with Crippen molar-refractivity contribution >= 4 is 28.9 Å². The van der Waals surface area contributed by atoms with Crippen LogP contribution in [0.2, 0.25) is 0 Å². The van der Waals surface area contributed by atoms with E-state index in [0.717, 1.165) is 29.8 Å². The number of alkyl halides is 3. The van der Waals surface area contributed by atoms with Crippen LogP contribution in [0.1, 0.15) is 16.1 Å². The lowest BCUT2D eigenvalue weighted by Crippen LogP contribution is -2.21. The summed E-state index contributed by atoms with van der Waals surface area (Å²) in [4.78, 5) is 28.0. The number of carbonyl (C=O) groups is 2. The van der Waals surface area contributed by atoms with Gasteiger partial charge in [0.15, 0.2) is 12.3 Å². The van der Waals surface area contributed by atoms with E-state index in [-0.39, 0.29) is 11.4 Å². The molecule has 3 aromatic rings. The number of nitrogens with one attached hydrogen (secondary N) is 1. The smallest absolute Gasteiger partial charge is 0.416 e. The molecule has 1 N–H and O–H groups in total. The van der Waals surface area contributed by atoms with E-state index in [2.05, 4.69) is 10.3 Å². The molecule has 0 aliphatic carbocycles. The molecular formula is C19H13F3N2O3S. The molecule has 5 nitrogen and oxygen atoms in total. The number of esters is 1. The van der Waals surface area contributed by atoms with Crippen LogP contribution in [0.4, 0.5) is 18.9 Å². The molecule has 0 atom stereocenters. The SMILES string of the molecule is O=C(COC(=O)c1csc(-c2ccccc2)n1)Nc1ccc(C(F)(F)F)cc1. The molecule has 0 radical (unpaired) electrons. The highest BCUT2D eigenvalue weighted by Crippen LogP contribution is 2.29. The molecule has 144 valence electrons. The van der Waals surface area contributed by atoms with Gasteiger partial charge in [-0.15, -0.1) is 11.3 Å². The third kappa shape index (κ3) is 4.95. The first kappa shape index (κ1) is 19.6. The Labute approximate surface area is 161 Å². The summed E-state index contributed by atoms with van der Waals surface area (Å²) in [6.45, 7) is -0.585. The second-order valence-corrected chi connectivity index (χ2v) is 6.46. The first-order chi connectivity index (χ1) is 13.3. The zero-order chi connectivity index (χ0) is 20.1. The number of halogens is 3. The minimum absolute atomic E-state index is 0.0752. The third-order valence-electron chi connectivity index (χ3n) is 3.56. The van der Waals surface area contributed by atoms with E-state index in [1.165, 1.54) is 16.7 Å². The maximum absolute atomic E-state index is 12.5. The first-order valence-electron chi connectivity index (χ1n) is 7.98. The Kier molecular flexibility index (Phi) is 5.74. The Hall–Kier alpha value is -3.20. The van der Waals surface area contributed by atoms with Gasteiger partial charge >= 0.3 is 12.1 Å². The van der Waals surface area contributed by atoms with Crippen LogP contribution < -0.4 is 5.32 Å². The molecular weight excluding hydrogens is 393 g/mol. The molecule has 0 saturated heterocycles. The lowest BCUT2D eigenvalue weighted by molar-refractivity contribution is -0.137. The Morgan fingerprint density at radius 3 is 2.36 bits per heavy atom. The third-order valence-corrected chi connectivity index (χ3v) is 4.46. The zero-order valence-corrected chi connectivity index (χ0v) is 15.0. The van der Waals surface area contributed by atoms with Crippen molar-refractivity contribution in [1.82, 2.24) is 4.98 Å². The fraction of sp³-hybridized carbons (Fsp3) is 0.105. The second-order valence-electron chi connectivity index (χ2n) is 5.60. The van der Waals surface area contributed by atoms with Crippen molar-refractivity contribution in [3.63, 3.8) is 0 Å². The van der Waals surface area contributed by atoms with Crippen LogP contribution >= 0.6 is 11.3 Å². The number of carbonyl (C=O) groups excluding carboxylic acids is 2. The predicted octanol–water partition coefficient (Wildman–Crippen LogP) is 4.62. The van der Waals surface area contributed by atoms with Gasteiger partial charge in [-0.1, -0.05) is 30.3 Å². The number of amides is 1. The van der Waals surface area contributed by atoms with Gasteiger partial charge in [-0.2, -0.15) is 13.2 Å². The molecule has 0 saturated carbocycles. The predicted molar refractivity (Wildman–Crippen MR) is 97.9 cm³/mol. The van der Waals surface area contributed by atoms with Crippen molar-refractivity contribution in [2.24, 2.45) is 0 Å². The fourth-order valence-corrected chi connectivity index (χ4v) is 3.02. The van der Waals surface area contributed by atoms with Gasteiger partial charge in [0.1, 0.15) is 5.01 Å². The second kappa shape index (κ2) is 8.22. The number of hydrogen-bond acceptors (Lipinski definition) is 5. The Bertz CT molecular complexity index is 970. The highest BCUT2D eigenvalue weighted by atomic mass is 32.1. The molecule has 1 heterocycles. The van der Waals surface area contributed by atoms with Crippen molar-refractivity contribution in [2.75, 3.05) is 11.9 Å². The largest absolute Gasteiger partial charge is 0.451 e. The molecule has 0 spiro atoms. The summed E-state index contributed by atoms with van der Waals surface area (Å²) in [6.07, 6.45) is -4.45. The summed E-state index contributed by atoms with van der Waals surface area (Å²) in [7, 11) is 0. The number of aromatic nitrogens is 1. The minimum atomic E-state index is -4.45. The molecule has 0 bridgehead atoms. The van der Waals surface area contributed by atoms with Gasteiger partial charge in [0.05, 0.1) is 5.56 Å². The van der Waals surface area contributed by atoms with Crippen molar-refractivity contribution in [3.05, 3.63) is 71.2 Å². The summed E-state index contributed by atoms with van der Waals surface area (Å²) >= 11 is 1.27. The molecule has 9 heteroatoms. The Balaban J connectivity index is 1.53. The van der Waals surface area contributed by atoms with Crippen LogP contribution in [0.3, 0.4) is 0 Å². The standard InChI is InChI=1S/C19H13F3N2O3S/c20-19(21,22)13-6-8-14(9-7-13)23-16(25)10-27-18(26)15-11-28-17(24-15)12-4-2-1-3-5-12/h1-9,11H,10H2,(H,23,25). The van der Waals surface area contributed by atoms with Gasteiger partial charge in [0.25, 0.3) is 5.91 Å². The fourth-order valence-electron chi connectivity index (χ4n) is 2.23. The van der Waals surface area contributed by atoms with E-state index < -0.39 is 30.2 Å². The minimum Gasteiger partial charge on any atom is -0.451 e. The lowest BCUT2D eigenvalue weighted by atomic mass is 10.2. The monoisotopic (exact) mass is 406 g/mol. The van der Waals surface area contributed by atoms with Crippen LogP contribution in [0, 0.1) is 0 Å². The quantitative estimate of drug-likeness (QED) is 0.628. The van der Waals surface area contributed by atoms with Gasteiger partial charge < -0.3 is 10.1 Å². The summed E-state index contributed by atoms with van der Waals surface area (Å²) in [5.41, 5.74) is 0.265. The molecule has 0 unspecified atom stereocenters. The number of anilines is 1. The van der Waals surface area contributed by atoms with E-state index in [4.69, 9.17) is 4.74 Å². The molecule has 2 aromatic carbocycles. The number of nitrogens with zero attached hydrogens (tertiary/aromatic N) is 1. The summed E-state index contributed by atoms with van der Waals surface area (Å²) < 4.78 is 42.4. The topological polar surface area (TPSA) is 68.3 Å². The van der Waals surface area contributed by atoms with Crippen molar-refractivity contribution in [2.45, 2.75) is 6.18 Å². The highest BCUT2D eigenvalue weighted by molar-refractivity contribution is 7.13. The molecule has 0 fully saturated rings. The summed E-state index contributed by atoms with van der Waals surface area (Å²) in [6, 6.07) is 13.2. The van der Waals surface area contributed by atoms with Crippen LogP contribution in [-0.4, -0.2) is 23.5 Å². The van der Waals surface area contributed by atoms with Crippen LogP contribution in [-0.2, 0) is 15.7 Å². The van der Waals surface area contributed by atoms with Gasteiger partial charge in [0.2, 0.25) is 0 Å². The van der Waals surface area contributed by atoms with Gasteiger partial charge in [-0.05, 0) is 24.3 Å². The zero-order valence-electron chi connectivity index (χ0n) is 14.2. The maximum atomic E-state index is 12.5. The number of ether oxygens (including phenoxy) is 1. The van der Waals surface area contributed by atoms with Crippen LogP contribution in [0.5, 0.6) is 0 Å². The number of benzene rings is 2. The highest BCUT2D eigenvalue weighted by Gasteiger charge is 2.30. The number of rotatable bonds is 5. The van der Waals surface area contributed by atoms with Gasteiger partial charge in [-0.25, -0.2) is 9.78 Å². The van der Waals surface area contributed by atoms with E-state index in [9.17, 15) is 22.8 Å². The first-order valence-corrected chi connectivity index (χ1v) is 8.86. The molecule has 0 aliphatic heterocycles.